The number of carbonyl (C=O) groups is 1. The molecule has 1 rings (SSSR count). The molecule has 0 saturated heterocycles. The van der Waals surface area contributed by atoms with E-state index in [2.05, 4.69) is 14.9 Å². The number of esters is 1. The maximum absolute atomic E-state index is 9.98. The second-order valence-corrected chi connectivity index (χ2v) is 1.66. The van der Waals surface area contributed by atoms with Crippen LogP contribution in [0.1, 0.15) is 6.92 Å². The molecule has 0 unspecified atom stereocenters. The van der Waals surface area contributed by atoms with Crippen molar-refractivity contribution >= 4 is 5.97 Å². The van der Waals surface area contributed by atoms with E-state index >= 15 is 0 Å². The number of aromatic amines is 2. The molecule has 0 aromatic carbocycles. The Morgan fingerprint density at radius 3 is 2.27 bits per heavy atom. The molecule has 1 aromatic heterocycles. The maximum Gasteiger partial charge on any atom is 0.302 e. The number of H-pyrrole nitrogens is 2. The molecule has 62 valence electrons. The van der Waals surface area contributed by atoms with E-state index in [0.29, 0.717) is 0 Å². The molecular formula is C6H10N2O3. The van der Waals surface area contributed by atoms with Crippen molar-refractivity contribution in [1.29, 1.82) is 0 Å². The van der Waals surface area contributed by atoms with Gasteiger partial charge in [-0.25, -0.2) is 0 Å². The summed E-state index contributed by atoms with van der Waals surface area (Å²) in [6, 6.07) is 1.42. The molecule has 0 atom stereocenters. The second-order valence-electron chi connectivity index (χ2n) is 1.66. The van der Waals surface area contributed by atoms with Gasteiger partial charge in [0.1, 0.15) is 0 Å². The van der Waals surface area contributed by atoms with Crippen molar-refractivity contribution in [3.63, 3.8) is 0 Å². The average molecular weight is 158 g/mol. The summed E-state index contributed by atoms with van der Waals surface area (Å²) in [4.78, 5) is 19.6. The van der Waals surface area contributed by atoms with Gasteiger partial charge in [0.25, 0.3) is 5.56 Å². The normalized spacial score (nSPS) is 7.82. The number of ether oxygens (including phenoxy) is 1. The molecule has 0 saturated carbocycles. The van der Waals surface area contributed by atoms with Gasteiger partial charge in [-0.15, -0.1) is 0 Å². The van der Waals surface area contributed by atoms with Crippen molar-refractivity contribution in [3.8, 4) is 0 Å². The first-order valence-electron chi connectivity index (χ1n) is 2.93. The molecular weight excluding hydrogens is 148 g/mol. The zero-order valence-electron chi connectivity index (χ0n) is 6.38. The van der Waals surface area contributed by atoms with E-state index in [1.807, 2.05) is 0 Å². The lowest BCUT2D eigenvalue weighted by Crippen LogP contribution is -1.93. The average Bonchev–Trinajstić information content (AvgIpc) is 2.41. The van der Waals surface area contributed by atoms with Gasteiger partial charge in [-0.05, 0) is 0 Å². The lowest BCUT2D eigenvalue weighted by atomic mass is 10.7. The van der Waals surface area contributed by atoms with Crippen LogP contribution in [0, 0.1) is 0 Å². The molecule has 0 fully saturated rings. The van der Waals surface area contributed by atoms with E-state index in [0.717, 1.165) is 0 Å². The Bertz CT molecular complexity index is 234. The maximum atomic E-state index is 9.98. The van der Waals surface area contributed by atoms with Crippen LogP contribution < -0.4 is 5.56 Å². The van der Waals surface area contributed by atoms with Crippen molar-refractivity contribution < 1.29 is 9.53 Å². The highest BCUT2D eigenvalue weighted by atomic mass is 16.5. The van der Waals surface area contributed by atoms with Gasteiger partial charge in [0, 0.05) is 19.2 Å². The molecule has 0 aliphatic carbocycles. The topological polar surface area (TPSA) is 75.0 Å². The first kappa shape index (κ1) is 9.48. The van der Waals surface area contributed by atoms with Crippen LogP contribution in [0.25, 0.3) is 0 Å². The first-order chi connectivity index (χ1) is 5.16. The smallest absolute Gasteiger partial charge is 0.302 e. The predicted octanol–water partition coefficient (Wildman–Crippen LogP) is -0.118. The standard InChI is InChI=1S/C3H4N2O.C3H6O2/c6-3-1-2-4-5-3;1-3(4)5-2/h1-2H,(H2,4,5,6);1-2H3. The van der Waals surface area contributed by atoms with Gasteiger partial charge in [0.15, 0.2) is 0 Å². The van der Waals surface area contributed by atoms with Gasteiger partial charge >= 0.3 is 5.97 Å². The summed E-state index contributed by atoms with van der Waals surface area (Å²) in [5, 5.41) is 4.81. The van der Waals surface area contributed by atoms with Crippen LogP contribution in [-0.2, 0) is 9.53 Å². The number of carbonyl (C=O) groups excluding carboxylic acids is 1. The molecule has 0 radical (unpaired) electrons. The van der Waals surface area contributed by atoms with E-state index < -0.39 is 0 Å². The molecule has 0 aliphatic heterocycles. The summed E-state index contributed by atoms with van der Waals surface area (Å²) in [5.74, 6) is -0.245. The third kappa shape index (κ3) is 6.36. The van der Waals surface area contributed by atoms with Crippen molar-refractivity contribution in [2.45, 2.75) is 6.92 Å². The van der Waals surface area contributed by atoms with Crippen LogP contribution in [-0.4, -0.2) is 23.3 Å². The summed E-state index contributed by atoms with van der Waals surface area (Å²) in [5.41, 5.74) is -0.0880. The van der Waals surface area contributed by atoms with E-state index in [1.54, 1.807) is 6.20 Å². The van der Waals surface area contributed by atoms with E-state index in [9.17, 15) is 9.59 Å². The number of aromatic nitrogens is 2. The molecule has 0 spiro atoms. The highest BCUT2D eigenvalue weighted by molar-refractivity contribution is 5.65. The van der Waals surface area contributed by atoms with Gasteiger partial charge in [-0.1, -0.05) is 0 Å². The fourth-order valence-corrected chi connectivity index (χ4v) is 0.272. The Morgan fingerprint density at radius 2 is 2.18 bits per heavy atom. The van der Waals surface area contributed by atoms with Crippen molar-refractivity contribution in [2.75, 3.05) is 7.11 Å². The Balaban J connectivity index is 0.000000187. The summed E-state index contributed by atoms with van der Waals surface area (Å²) in [6.07, 6.45) is 1.54. The van der Waals surface area contributed by atoms with Crippen molar-refractivity contribution in [3.05, 3.63) is 22.6 Å². The summed E-state index contributed by atoms with van der Waals surface area (Å²) < 4.78 is 4.11. The molecule has 2 N–H and O–H groups in total. The molecule has 11 heavy (non-hydrogen) atoms. The molecule has 1 heterocycles. The van der Waals surface area contributed by atoms with E-state index in [1.165, 1.54) is 20.1 Å². The largest absolute Gasteiger partial charge is 0.469 e. The van der Waals surface area contributed by atoms with Gasteiger partial charge < -0.3 is 9.84 Å². The molecule has 0 aliphatic rings. The Morgan fingerprint density at radius 1 is 1.64 bits per heavy atom. The van der Waals surface area contributed by atoms with Crippen molar-refractivity contribution in [2.24, 2.45) is 0 Å². The zero-order chi connectivity index (χ0) is 8.69. The number of nitrogens with one attached hydrogen (secondary N) is 2. The molecule has 0 amide bonds. The van der Waals surface area contributed by atoms with Crippen LogP contribution >= 0.6 is 0 Å². The minimum absolute atomic E-state index is 0.0880. The minimum atomic E-state index is -0.245. The second kappa shape index (κ2) is 5.28. The molecule has 1 aromatic rings. The first-order valence-corrected chi connectivity index (χ1v) is 2.93. The SMILES string of the molecule is COC(C)=O.O=c1cc[nH][nH]1. The third-order valence-electron chi connectivity index (χ3n) is 0.801. The summed E-state index contributed by atoms with van der Waals surface area (Å²) >= 11 is 0. The van der Waals surface area contributed by atoms with Crippen LogP contribution in [0.15, 0.2) is 17.1 Å². The number of hydrogen-bond donors (Lipinski definition) is 2. The van der Waals surface area contributed by atoms with Crippen LogP contribution in [0.5, 0.6) is 0 Å². The fourth-order valence-electron chi connectivity index (χ4n) is 0.272. The van der Waals surface area contributed by atoms with Crippen LogP contribution in [0.2, 0.25) is 0 Å². The lowest BCUT2D eigenvalue weighted by Gasteiger charge is -1.80. The highest BCUT2D eigenvalue weighted by Gasteiger charge is 1.75. The molecule has 5 heteroatoms. The Kier molecular flexibility index (Phi) is 4.55. The monoisotopic (exact) mass is 158 g/mol. The van der Waals surface area contributed by atoms with Gasteiger partial charge in [0.05, 0.1) is 7.11 Å². The lowest BCUT2D eigenvalue weighted by molar-refractivity contribution is -0.137. The number of rotatable bonds is 0. The van der Waals surface area contributed by atoms with Crippen molar-refractivity contribution in [1.82, 2.24) is 10.2 Å². The highest BCUT2D eigenvalue weighted by Crippen LogP contribution is 1.60. The van der Waals surface area contributed by atoms with Gasteiger partial charge in [-0.3, -0.25) is 14.7 Å². The third-order valence-corrected chi connectivity index (χ3v) is 0.801. The Labute approximate surface area is 63.4 Å². The number of methoxy groups -OCH3 is 1. The van der Waals surface area contributed by atoms with Gasteiger partial charge in [0.2, 0.25) is 0 Å². The summed E-state index contributed by atoms with van der Waals surface area (Å²) in [7, 11) is 1.35. The van der Waals surface area contributed by atoms with Crippen LogP contribution in [0.4, 0.5) is 0 Å². The molecule has 0 bridgehead atoms. The minimum Gasteiger partial charge on any atom is -0.469 e. The number of hydrogen-bond acceptors (Lipinski definition) is 3. The zero-order valence-corrected chi connectivity index (χ0v) is 6.38. The van der Waals surface area contributed by atoms with Gasteiger partial charge in [-0.2, -0.15) is 0 Å². The predicted molar refractivity (Wildman–Crippen MR) is 39.1 cm³/mol. The van der Waals surface area contributed by atoms with E-state index in [-0.39, 0.29) is 11.5 Å². The fraction of sp³-hybridized carbons (Fsp3) is 0.333. The van der Waals surface area contributed by atoms with E-state index in [4.69, 9.17) is 0 Å². The quantitative estimate of drug-likeness (QED) is 0.517. The molecule has 5 nitrogen and oxygen atoms in total. The van der Waals surface area contributed by atoms with Crippen LogP contribution in [0.3, 0.4) is 0 Å². The summed E-state index contributed by atoms with van der Waals surface area (Å²) in [6.45, 7) is 1.36. The Hall–Kier alpha value is -1.52.